The second kappa shape index (κ2) is 4.09. The Bertz CT molecular complexity index is 474. The van der Waals surface area contributed by atoms with Gasteiger partial charge in [0.25, 0.3) is 0 Å². The summed E-state index contributed by atoms with van der Waals surface area (Å²) in [6.45, 7) is 0. The first-order valence-corrected chi connectivity index (χ1v) is 7.41. The van der Waals surface area contributed by atoms with Gasteiger partial charge in [0.15, 0.2) is 11.6 Å². The van der Waals surface area contributed by atoms with E-state index in [0.717, 1.165) is 29.5 Å². The fourth-order valence-corrected chi connectivity index (χ4v) is 5.06. The maximum absolute atomic E-state index is 5.95. The molecule has 0 spiro atoms. The van der Waals surface area contributed by atoms with Crippen molar-refractivity contribution in [1.29, 1.82) is 0 Å². The molecule has 5 rings (SSSR count). The Morgan fingerprint density at radius 2 is 1.74 bits per heavy atom. The van der Waals surface area contributed by atoms with Gasteiger partial charge in [-0.2, -0.15) is 0 Å². The monoisotopic (exact) mass is 259 g/mol. The summed E-state index contributed by atoms with van der Waals surface area (Å²) in [5.74, 6) is 6.14. The summed E-state index contributed by atoms with van der Waals surface area (Å²) in [5, 5.41) is 0. The van der Waals surface area contributed by atoms with Gasteiger partial charge in [-0.3, -0.25) is 0 Å². The van der Waals surface area contributed by atoms with Crippen LogP contribution in [0.1, 0.15) is 43.8 Å². The molecular formula is C15H21N3O. The molecule has 4 bridgehead atoms. The van der Waals surface area contributed by atoms with E-state index in [2.05, 4.69) is 9.97 Å². The van der Waals surface area contributed by atoms with E-state index in [1.54, 1.807) is 13.3 Å². The van der Waals surface area contributed by atoms with Crippen molar-refractivity contribution in [3.05, 3.63) is 12.0 Å². The van der Waals surface area contributed by atoms with Crippen molar-refractivity contribution >= 4 is 5.82 Å². The largest absolute Gasteiger partial charge is 0.491 e. The Balaban J connectivity index is 1.67. The van der Waals surface area contributed by atoms with Crippen molar-refractivity contribution in [3.8, 4) is 5.75 Å². The Kier molecular flexibility index (Phi) is 2.47. The van der Waals surface area contributed by atoms with Gasteiger partial charge < -0.3 is 10.5 Å². The molecule has 0 aliphatic heterocycles. The third kappa shape index (κ3) is 1.72. The zero-order valence-electron chi connectivity index (χ0n) is 11.4. The molecular weight excluding hydrogens is 238 g/mol. The fraction of sp³-hybridized carbons (Fsp3) is 0.733. The summed E-state index contributed by atoms with van der Waals surface area (Å²) in [6, 6.07) is 0. The summed E-state index contributed by atoms with van der Waals surface area (Å²) >= 11 is 0. The van der Waals surface area contributed by atoms with Crippen LogP contribution in [0.3, 0.4) is 0 Å². The third-order valence-electron chi connectivity index (χ3n) is 5.55. The molecule has 1 aromatic heterocycles. The topological polar surface area (TPSA) is 61.0 Å². The van der Waals surface area contributed by atoms with Gasteiger partial charge in [-0.25, -0.2) is 9.97 Å². The van der Waals surface area contributed by atoms with E-state index in [-0.39, 0.29) is 0 Å². The highest BCUT2D eigenvalue weighted by molar-refractivity contribution is 5.44. The zero-order valence-corrected chi connectivity index (χ0v) is 11.4. The lowest BCUT2D eigenvalue weighted by molar-refractivity contribution is -0.00563. The molecule has 4 fully saturated rings. The lowest BCUT2D eigenvalue weighted by atomic mass is 9.51. The third-order valence-corrected chi connectivity index (χ3v) is 5.55. The van der Waals surface area contributed by atoms with E-state index in [9.17, 15) is 0 Å². The van der Waals surface area contributed by atoms with Crippen LogP contribution >= 0.6 is 0 Å². The van der Waals surface area contributed by atoms with E-state index in [1.165, 1.54) is 32.1 Å². The molecule has 0 unspecified atom stereocenters. The molecule has 4 saturated carbocycles. The van der Waals surface area contributed by atoms with Gasteiger partial charge in [0, 0.05) is 5.92 Å². The van der Waals surface area contributed by atoms with Crippen molar-refractivity contribution in [3.63, 3.8) is 0 Å². The number of methoxy groups -OCH3 is 1. The summed E-state index contributed by atoms with van der Waals surface area (Å²) in [7, 11) is 1.61. The average Bonchev–Trinajstić information content (AvgIpc) is 2.37. The zero-order chi connectivity index (χ0) is 13.0. The van der Waals surface area contributed by atoms with Crippen molar-refractivity contribution < 1.29 is 4.74 Å². The Morgan fingerprint density at radius 1 is 1.11 bits per heavy atom. The van der Waals surface area contributed by atoms with Gasteiger partial charge in [-0.15, -0.1) is 0 Å². The van der Waals surface area contributed by atoms with Crippen LogP contribution in [0.4, 0.5) is 5.82 Å². The van der Waals surface area contributed by atoms with Crippen LogP contribution in [-0.4, -0.2) is 17.1 Å². The second-order valence-electron chi connectivity index (χ2n) is 6.64. The van der Waals surface area contributed by atoms with Crippen LogP contribution in [0.5, 0.6) is 5.75 Å². The molecule has 0 radical (unpaired) electrons. The van der Waals surface area contributed by atoms with Gasteiger partial charge >= 0.3 is 0 Å². The molecule has 1 aromatic rings. The Hall–Kier alpha value is -1.32. The predicted octanol–water partition coefficient (Wildman–Crippen LogP) is 2.61. The van der Waals surface area contributed by atoms with Crippen LogP contribution in [-0.2, 0) is 0 Å². The molecule has 0 atom stereocenters. The molecule has 2 N–H and O–H groups in total. The SMILES string of the molecule is COc1cnc(C2C3CC4CC(C3)CC2C4)nc1N. The van der Waals surface area contributed by atoms with Crippen molar-refractivity contribution in [1.82, 2.24) is 9.97 Å². The number of nitrogens with zero attached hydrogens (tertiary/aromatic N) is 2. The number of anilines is 1. The normalized spacial score (nSPS) is 39.5. The minimum atomic E-state index is 0.487. The summed E-state index contributed by atoms with van der Waals surface area (Å²) < 4.78 is 5.16. The van der Waals surface area contributed by atoms with E-state index in [1.807, 2.05) is 0 Å². The summed E-state index contributed by atoms with van der Waals surface area (Å²) in [6.07, 6.45) is 8.74. The maximum Gasteiger partial charge on any atom is 0.179 e. The predicted molar refractivity (Wildman–Crippen MR) is 72.8 cm³/mol. The van der Waals surface area contributed by atoms with Gasteiger partial charge in [0.2, 0.25) is 0 Å². The summed E-state index contributed by atoms with van der Waals surface area (Å²) in [4.78, 5) is 9.07. The number of hydrogen-bond acceptors (Lipinski definition) is 4. The average molecular weight is 259 g/mol. The molecule has 4 aliphatic rings. The lowest BCUT2D eigenvalue weighted by Crippen LogP contribution is -2.44. The van der Waals surface area contributed by atoms with Crippen LogP contribution < -0.4 is 10.5 Å². The van der Waals surface area contributed by atoms with Crippen molar-refractivity contribution in [2.45, 2.75) is 38.0 Å². The number of nitrogen functional groups attached to an aromatic ring is 1. The number of nitrogens with two attached hydrogens (primary N) is 1. The molecule has 19 heavy (non-hydrogen) atoms. The van der Waals surface area contributed by atoms with Crippen LogP contribution in [0, 0.1) is 23.7 Å². The second-order valence-corrected chi connectivity index (χ2v) is 6.64. The van der Waals surface area contributed by atoms with Crippen LogP contribution in [0.25, 0.3) is 0 Å². The molecule has 0 amide bonds. The van der Waals surface area contributed by atoms with Gasteiger partial charge in [0.05, 0.1) is 13.3 Å². The first kappa shape index (κ1) is 11.5. The Labute approximate surface area is 113 Å². The van der Waals surface area contributed by atoms with E-state index >= 15 is 0 Å². The molecule has 102 valence electrons. The van der Waals surface area contributed by atoms with Crippen molar-refractivity contribution in [2.24, 2.45) is 23.7 Å². The molecule has 0 aromatic carbocycles. The highest BCUT2D eigenvalue weighted by atomic mass is 16.5. The number of hydrogen-bond donors (Lipinski definition) is 1. The lowest BCUT2D eigenvalue weighted by Gasteiger charge is -2.53. The first-order chi connectivity index (χ1) is 9.24. The molecule has 4 nitrogen and oxygen atoms in total. The number of aromatic nitrogens is 2. The number of rotatable bonds is 2. The van der Waals surface area contributed by atoms with Crippen molar-refractivity contribution in [2.75, 3.05) is 12.8 Å². The molecule has 4 aliphatic carbocycles. The van der Waals surface area contributed by atoms with Gasteiger partial charge in [-0.05, 0) is 55.8 Å². The highest BCUT2D eigenvalue weighted by Crippen LogP contribution is 2.59. The van der Waals surface area contributed by atoms with E-state index in [4.69, 9.17) is 10.5 Å². The first-order valence-electron chi connectivity index (χ1n) is 7.41. The number of ether oxygens (including phenoxy) is 1. The maximum atomic E-state index is 5.95. The minimum absolute atomic E-state index is 0.487. The quantitative estimate of drug-likeness (QED) is 0.886. The van der Waals surface area contributed by atoms with E-state index in [0.29, 0.717) is 17.5 Å². The smallest absolute Gasteiger partial charge is 0.179 e. The minimum Gasteiger partial charge on any atom is -0.491 e. The highest BCUT2D eigenvalue weighted by Gasteiger charge is 2.49. The fourth-order valence-electron chi connectivity index (χ4n) is 5.06. The van der Waals surface area contributed by atoms with Gasteiger partial charge in [-0.1, -0.05) is 0 Å². The summed E-state index contributed by atoms with van der Waals surface area (Å²) in [5.41, 5.74) is 5.95. The van der Waals surface area contributed by atoms with E-state index < -0.39 is 0 Å². The standard InChI is InChI=1S/C15H21N3O/c1-19-12-7-17-15(18-14(12)16)13-10-3-8-2-9(5-10)6-11(13)4-8/h7-11,13H,2-6H2,1H3,(H2,16,17,18). The molecule has 4 heteroatoms. The Morgan fingerprint density at radius 3 is 2.26 bits per heavy atom. The molecule has 1 heterocycles. The van der Waals surface area contributed by atoms with Gasteiger partial charge in [0.1, 0.15) is 5.82 Å². The molecule has 0 saturated heterocycles. The van der Waals surface area contributed by atoms with Crippen LogP contribution in [0.2, 0.25) is 0 Å². The van der Waals surface area contributed by atoms with Crippen LogP contribution in [0.15, 0.2) is 6.20 Å².